The van der Waals surface area contributed by atoms with E-state index in [1.54, 1.807) is 23.0 Å². The van der Waals surface area contributed by atoms with E-state index in [4.69, 9.17) is 10.5 Å². The number of nitrogens with zero attached hydrogens (tertiary/aromatic N) is 4. The van der Waals surface area contributed by atoms with Crippen molar-refractivity contribution in [3.05, 3.63) is 53.7 Å². The van der Waals surface area contributed by atoms with Crippen LogP contribution in [0, 0.1) is 5.82 Å². The van der Waals surface area contributed by atoms with Crippen LogP contribution in [0.2, 0.25) is 0 Å². The maximum atomic E-state index is 14.2. The summed E-state index contributed by atoms with van der Waals surface area (Å²) in [6.45, 7) is 6.12. The van der Waals surface area contributed by atoms with E-state index in [0.29, 0.717) is 17.0 Å². The van der Waals surface area contributed by atoms with E-state index in [1.807, 2.05) is 27.0 Å². The fourth-order valence-electron chi connectivity index (χ4n) is 2.71. The van der Waals surface area contributed by atoms with Gasteiger partial charge in [-0.1, -0.05) is 6.07 Å². The Bertz CT molecular complexity index is 1060. The normalized spacial score (nSPS) is 11.2. The van der Waals surface area contributed by atoms with Crippen LogP contribution in [0.3, 0.4) is 0 Å². The molecule has 0 saturated carbocycles. The van der Waals surface area contributed by atoms with Gasteiger partial charge in [-0.15, -0.1) is 0 Å². The van der Waals surface area contributed by atoms with Gasteiger partial charge < -0.3 is 21.1 Å². The lowest BCUT2D eigenvalue weighted by Gasteiger charge is -2.18. The molecule has 10 heteroatoms. The number of hydrogen-bond donors (Lipinski definition) is 3. The molecule has 0 bridgehead atoms. The average Bonchev–Trinajstić information content (AvgIpc) is 3.15. The van der Waals surface area contributed by atoms with Crippen LogP contribution in [0.1, 0.15) is 36.7 Å². The molecular weight excluding hydrogens is 389 g/mol. The number of nitrogens with one attached hydrogen (secondary N) is 2. The van der Waals surface area contributed by atoms with Gasteiger partial charge in [-0.2, -0.15) is 10.1 Å². The van der Waals surface area contributed by atoms with Crippen LogP contribution in [0.5, 0.6) is 5.75 Å². The lowest BCUT2D eigenvalue weighted by molar-refractivity contribution is 0.100. The van der Waals surface area contributed by atoms with Crippen molar-refractivity contribution in [2.24, 2.45) is 5.73 Å². The number of carbonyl (C=O) groups excluding carboxylic acids is 1. The molecule has 9 nitrogen and oxygen atoms in total. The number of carbonyl (C=O) groups is 1. The van der Waals surface area contributed by atoms with Gasteiger partial charge in [0.1, 0.15) is 17.4 Å². The largest absolute Gasteiger partial charge is 0.496 e. The summed E-state index contributed by atoms with van der Waals surface area (Å²) >= 11 is 0. The molecule has 2 aromatic heterocycles. The first-order chi connectivity index (χ1) is 14.2. The monoisotopic (exact) mass is 413 g/mol. The minimum atomic E-state index is -0.704. The van der Waals surface area contributed by atoms with Crippen molar-refractivity contribution < 1.29 is 13.9 Å². The molecule has 0 saturated heterocycles. The van der Waals surface area contributed by atoms with E-state index in [2.05, 4.69) is 25.7 Å². The summed E-state index contributed by atoms with van der Waals surface area (Å²) in [5, 5.41) is 10.3. The third-order valence-corrected chi connectivity index (χ3v) is 4.31. The zero-order chi connectivity index (χ0) is 21.9. The van der Waals surface area contributed by atoms with Gasteiger partial charge in [0.2, 0.25) is 5.95 Å². The molecule has 30 heavy (non-hydrogen) atoms. The first-order valence-electron chi connectivity index (χ1n) is 9.23. The molecule has 0 spiro atoms. The number of aromatic nitrogens is 4. The van der Waals surface area contributed by atoms with Crippen molar-refractivity contribution in [2.75, 3.05) is 17.7 Å². The van der Waals surface area contributed by atoms with Crippen molar-refractivity contribution in [1.29, 1.82) is 0 Å². The zero-order valence-electron chi connectivity index (χ0n) is 17.2. The number of amides is 1. The lowest BCUT2D eigenvalue weighted by Crippen LogP contribution is -2.21. The Morgan fingerprint density at radius 1 is 1.30 bits per heavy atom. The molecule has 3 rings (SSSR count). The molecule has 2 heterocycles. The van der Waals surface area contributed by atoms with Crippen molar-refractivity contribution >= 4 is 23.4 Å². The predicted octanol–water partition coefficient (Wildman–Crippen LogP) is 3.03. The molecule has 158 valence electrons. The minimum Gasteiger partial charge on any atom is -0.496 e. The smallest absolute Gasteiger partial charge is 0.254 e. The number of halogens is 1. The molecular formula is C20H24FN7O2. The molecule has 0 aliphatic heterocycles. The minimum absolute atomic E-state index is 0.0362. The van der Waals surface area contributed by atoms with Gasteiger partial charge in [0.15, 0.2) is 0 Å². The summed E-state index contributed by atoms with van der Waals surface area (Å²) < 4.78 is 21.2. The van der Waals surface area contributed by atoms with Crippen molar-refractivity contribution in [1.82, 2.24) is 19.7 Å². The zero-order valence-corrected chi connectivity index (χ0v) is 17.2. The van der Waals surface area contributed by atoms with Gasteiger partial charge in [0.05, 0.1) is 30.1 Å². The Morgan fingerprint density at radius 2 is 2.07 bits per heavy atom. The number of primary amides is 1. The highest BCUT2D eigenvalue weighted by Crippen LogP contribution is 2.24. The Labute approximate surface area is 173 Å². The van der Waals surface area contributed by atoms with Gasteiger partial charge in [0, 0.05) is 24.5 Å². The number of anilines is 3. The van der Waals surface area contributed by atoms with Crippen LogP contribution in [-0.4, -0.2) is 32.8 Å². The van der Waals surface area contributed by atoms with Crippen LogP contribution in [0.15, 0.2) is 36.8 Å². The van der Waals surface area contributed by atoms with Crippen molar-refractivity contribution in [3.63, 3.8) is 0 Å². The van der Waals surface area contributed by atoms with Crippen molar-refractivity contribution in [2.45, 2.75) is 32.9 Å². The number of benzene rings is 1. The number of hydrogen-bond acceptors (Lipinski definition) is 7. The molecule has 0 fully saturated rings. The third kappa shape index (κ3) is 4.65. The second-order valence-electron chi connectivity index (χ2n) is 7.56. The SMILES string of the molecule is COc1cccc(F)c1CNc1nc(Nc2cnn(C(C)(C)C)c2)ncc1C(N)=O. The summed E-state index contributed by atoms with van der Waals surface area (Å²) in [4.78, 5) is 20.2. The van der Waals surface area contributed by atoms with Gasteiger partial charge in [-0.25, -0.2) is 9.37 Å². The predicted molar refractivity (Wildman–Crippen MR) is 111 cm³/mol. The summed E-state index contributed by atoms with van der Waals surface area (Å²) in [5.74, 6) is -0.357. The fourth-order valence-corrected chi connectivity index (χ4v) is 2.71. The van der Waals surface area contributed by atoms with E-state index in [1.165, 1.54) is 19.4 Å². The maximum absolute atomic E-state index is 14.2. The first-order valence-corrected chi connectivity index (χ1v) is 9.23. The topological polar surface area (TPSA) is 120 Å². The van der Waals surface area contributed by atoms with E-state index in [0.717, 1.165) is 0 Å². The molecule has 0 radical (unpaired) electrons. The maximum Gasteiger partial charge on any atom is 0.254 e. The third-order valence-electron chi connectivity index (χ3n) is 4.31. The number of methoxy groups -OCH3 is 1. The molecule has 1 amide bonds. The van der Waals surface area contributed by atoms with E-state index in [9.17, 15) is 9.18 Å². The molecule has 1 aromatic carbocycles. The Balaban J connectivity index is 1.85. The standard InChI is InChI=1S/C20H24FN7O2/c1-20(2,3)28-11-12(8-25-28)26-19-24-10-14(17(22)29)18(27-19)23-9-13-15(21)6-5-7-16(13)30-4/h5-8,10-11H,9H2,1-4H3,(H2,22,29)(H2,23,24,26,27). The summed E-state index contributed by atoms with van der Waals surface area (Å²) in [6, 6.07) is 4.53. The quantitative estimate of drug-likeness (QED) is 0.544. The van der Waals surface area contributed by atoms with Crippen LogP contribution in [-0.2, 0) is 12.1 Å². The molecule has 0 atom stereocenters. The van der Waals surface area contributed by atoms with Gasteiger partial charge in [-0.3, -0.25) is 9.48 Å². The van der Waals surface area contributed by atoms with Crippen LogP contribution in [0.25, 0.3) is 0 Å². The molecule has 3 aromatic rings. The summed E-state index contributed by atoms with van der Waals surface area (Å²) in [5.41, 5.74) is 6.32. The van der Waals surface area contributed by atoms with Gasteiger partial charge >= 0.3 is 0 Å². The first kappa shape index (κ1) is 21.0. The molecule has 0 aliphatic carbocycles. The molecule has 4 N–H and O–H groups in total. The van der Waals surface area contributed by atoms with E-state index >= 15 is 0 Å². The fraction of sp³-hybridized carbons (Fsp3) is 0.300. The van der Waals surface area contributed by atoms with E-state index < -0.39 is 11.7 Å². The van der Waals surface area contributed by atoms with Crippen LogP contribution >= 0.6 is 0 Å². The molecule has 0 unspecified atom stereocenters. The highest BCUT2D eigenvalue weighted by atomic mass is 19.1. The number of ether oxygens (including phenoxy) is 1. The lowest BCUT2D eigenvalue weighted by atomic mass is 10.1. The summed E-state index contributed by atoms with van der Waals surface area (Å²) in [7, 11) is 1.46. The second kappa shape index (κ2) is 8.36. The second-order valence-corrected chi connectivity index (χ2v) is 7.56. The van der Waals surface area contributed by atoms with E-state index in [-0.39, 0.29) is 29.4 Å². The Morgan fingerprint density at radius 3 is 2.70 bits per heavy atom. The van der Waals surface area contributed by atoms with Crippen LogP contribution < -0.4 is 21.1 Å². The highest BCUT2D eigenvalue weighted by Gasteiger charge is 2.17. The average molecular weight is 413 g/mol. The number of rotatable bonds is 7. The summed E-state index contributed by atoms with van der Waals surface area (Å²) in [6.07, 6.45) is 4.78. The van der Waals surface area contributed by atoms with Gasteiger partial charge in [-0.05, 0) is 32.9 Å². The Kier molecular flexibility index (Phi) is 5.86. The van der Waals surface area contributed by atoms with Gasteiger partial charge in [0.25, 0.3) is 5.91 Å². The molecule has 0 aliphatic rings. The van der Waals surface area contributed by atoms with Crippen molar-refractivity contribution in [3.8, 4) is 5.75 Å². The van der Waals surface area contributed by atoms with Crippen LogP contribution in [0.4, 0.5) is 21.8 Å². The highest BCUT2D eigenvalue weighted by molar-refractivity contribution is 5.97. The Hall–Kier alpha value is -3.69. The number of nitrogens with two attached hydrogens (primary N) is 1.